The van der Waals surface area contributed by atoms with Crippen molar-refractivity contribution in [2.45, 2.75) is 44.0 Å². The van der Waals surface area contributed by atoms with Crippen LogP contribution in [0.15, 0.2) is 15.8 Å². The number of ether oxygens (including phenoxy) is 1. The molecule has 1 aromatic rings. The summed E-state index contributed by atoms with van der Waals surface area (Å²) < 4.78 is 7.49. The number of aromatic amines is 1. The summed E-state index contributed by atoms with van der Waals surface area (Å²) >= 11 is 1.71. The third kappa shape index (κ3) is 1.73. The van der Waals surface area contributed by atoms with Gasteiger partial charge in [0.15, 0.2) is 6.23 Å². The molecule has 2 bridgehead atoms. The molecule has 7 heteroatoms. The van der Waals surface area contributed by atoms with Crippen molar-refractivity contribution in [3.63, 3.8) is 0 Å². The average molecular weight is 298 g/mol. The summed E-state index contributed by atoms with van der Waals surface area (Å²) in [6.45, 7) is 5.42. The van der Waals surface area contributed by atoms with Crippen molar-refractivity contribution in [2.24, 2.45) is 5.92 Å². The Labute approximate surface area is 120 Å². The summed E-state index contributed by atoms with van der Waals surface area (Å²) in [4.78, 5) is 25.7. The van der Waals surface area contributed by atoms with Gasteiger partial charge in [0.05, 0.1) is 11.4 Å². The Morgan fingerprint density at radius 3 is 2.90 bits per heavy atom. The lowest BCUT2D eigenvalue weighted by Crippen LogP contribution is -2.46. The Morgan fingerprint density at radius 2 is 2.30 bits per heavy atom. The molecular formula is C13H18N2O4S. The van der Waals surface area contributed by atoms with E-state index in [1.807, 2.05) is 6.92 Å². The maximum Gasteiger partial charge on any atom is 0.330 e. The molecule has 110 valence electrons. The highest BCUT2D eigenvalue weighted by Crippen LogP contribution is 2.56. The van der Waals surface area contributed by atoms with Gasteiger partial charge in [0, 0.05) is 23.4 Å². The van der Waals surface area contributed by atoms with Crippen LogP contribution in [0.25, 0.3) is 0 Å². The lowest BCUT2D eigenvalue weighted by Gasteiger charge is -2.34. The van der Waals surface area contributed by atoms with E-state index in [1.165, 1.54) is 10.8 Å². The number of nitrogens with zero attached hydrogens (tertiary/aromatic N) is 1. The summed E-state index contributed by atoms with van der Waals surface area (Å²) in [5.41, 5.74) is -0.976. The zero-order chi connectivity index (χ0) is 14.7. The van der Waals surface area contributed by atoms with Crippen molar-refractivity contribution in [3.05, 3.63) is 32.6 Å². The number of aryl methyl sites for hydroxylation is 1. The van der Waals surface area contributed by atoms with Gasteiger partial charge >= 0.3 is 5.69 Å². The molecule has 5 atom stereocenters. The normalized spacial score (nSPS) is 37.3. The van der Waals surface area contributed by atoms with Crippen LogP contribution in [0.3, 0.4) is 0 Å². The molecule has 2 fully saturated rings. The van der Waals surface area contributed by atoms with Crippen molar-refractivity contribution in [2.75, 3.05) is 5.75 Å². The highest BCUT2D eigenvalue weighted by Gasteiger charge is 2.61. The summed E-state index contributed by atoms with van der Waals surface area (Å²) in [5.74, 6) is 0.876. The minimum Gasteiger partial charge on any atom is -0.390 e. The largest absolute Gasteiger partial charge is 0.390 e. The molecule has 0 unspecified atom stereocenters. The first-order valence-corrected chi connectivity index (χ1v) is 7.71. The Morgan fingerprint density at radius 1 is 1.60 bits per heavy atom. The number of fused-ring (bicyclic) bond motifs is 2. The second-order valence-corrected chi connectivity index (χ2v) is 6.85. The molecule has 3 rings (SSSR count). The van der Waals surface area contributed by atoms with E-state index >= 15 is 0 Å². The van der Waals surface area contributed by atoms with Crippen LogP contribution in [0.2, 0.25) is 0 Å². The van der Waals surface area contributed by atoms with E-state index in [1.54, 1.807) is 25.6 Å². The molecule has 3 heterocycles. The molecule has 2 aliphatic heterocycles. The molecule has 20 heavy (non-hydrogen) atoms. The monoisotopic (exact) mass is 298 g/mol. The van der Waals surface area contributed by atoms with E-state index in [4.69, 9.17) is 4.74 Å². The van der Waals surface area contributed by atoms with E-state index in [9.17, 15) is 14.7 Å². The third-order valence-electron chi connectivity index (χ3n) is 4.51. The molecule has 2 aliphatic rings. The molecule has 2 saturated heterocycles. The number of aliphatic hydroxyl groups is 1. The van der Waals surface area contributed by atoms with Gasteiger partial charge in [-0.15, -0.1) is 0 Å². The molecule has 2 N–H and O–H groups in total. The predicted octanol–water partition coefficient (Wildman–Crippen LogP) is 0.245. The zero-order valence-electron chi connectivity index (χ0n) is 11.6. The number of nitrogens with one attached hydrogen (secondary N) is 1. The van der Waals surface area contributed by atoms with Gasteiger partial charge in [-0.1, -0.05) is 6.92 Å². The highest BCUT2D eigenvalue weighted by atomic mass is 32.2. The SMILES string of the molecule is Cc1cn([C@@H]2O[C@@]3([C@@H](C)O)CS[C@@H]2[C@@H]3C)c(=O)[nH]c1=O. The number of H-pyrrole nitrogens is 1. The second-order valence-electron chi connectivity index (χ2n) is 5.68. The Bertz CT molecular complexity index is 653. The van der Waals surface area contributed by atoms with E-state index in [0.29, 0.717) is 5.56 Å². The third-order valence-corrected chi connectivity index (χ3v) is 6.16. The summed E-state index contributed by atoms with van der Waals surface area (Å²) in [7, 11) is 0. The lowest BCUT2D eigenvalue weighted by atomic mass is 9.86. The predicted molar refractivity (Wildman–Crippen MR) is 76.0 cm³/mol. The number of hydrogen-bond donors (Lipinski definition) is 2. The molecule has 0 saturated carbocycles. The number of aliphatic hydroxyl groups excluding tert-OH is 1. The van der Waals surface area contributed by atoms with Gasteiger partial charge in [-0.05, 0) is 13.8 Å². The van der Waals surface area contributed by atoms with Crippen LogP contribution in [0.4, 0.5) is 0 Å². The van der Waals surface area contributed by atoms with Crippen molar-refractivity contribution in [3.8, 4) is 0 Å². The fraction of sp³-hybridized carbons (Fsp3) is 0.692. The molecule has 1 aromatic heterocycles. The van der Waals surface area contributed by atoms with Gasteiger partial charge in [-0.2, -0.15) is 11.8 Å². The van der Waals surface area contributed by atoms with Crippen LogP contribution < -0.4 is 11.2 Å². The zero-order valence-corrected chi connectivity index (χ0v) is 12.4. The van der Waals surface area contributed by atoms with Gasteiger partial charge < -0.3 is 9.84 Å². The smallest absolute Gasteiger partial charge is 0.330 e. The first kappa shape index (κ1) is 13.9. The van der Waals surface area contributed by atoms with Gasteiger partial charge in [0.2, 0.25) is 0 Å². The van der Waals surface area contributed by atoms with Crippen LogP contribution in [-0.4, -0.2) is 37.4 Å². The summed E-state index contributed by atoms with van der Waals surface area (Å²) in [5, 5.41) is 10.2. The minimum atomic E-state index is -0.608. The average Bonchev–Trinajstić information content (AvgIpc) is 2.86. The molecule has 0 radical (unpaired) electrons. The molecule has 6 nitrogen and oxygen atoms in total. The minimum absolute atomic E-state index is 0.104. The number of aromatic nitrogens is 2. The summed E-state index contributed by atoms with van der Waals surface area (Å²) in [6, 6.07) is 0. The quantitative estimate of drug-likeness (QED) is 0.817. The van der Waals surface area contributed by atoms with Crippen LogP contribution in [0, 0.1) is 12.8 Å². The molecule has 0 aromatic carbocycles. The Kier molecular flexibility index (Phi) is 3.11. The van der Waals surface area contributed by atoms with Gasteiger partial charge in [0.1, 0.15) is 5.60 Å². The van der Waals surface area contributed by atoms with Crippen LogP contribution in [0.5, 0.6) is 0 Å². The fourth-order valence-corrected chi connectivity index (χ4v) is 5.03. The first-order valence-electron chi connectivity index (χ1n) is 6.66. The van der Waals surface area contributed by atoms with Gasteiger partial charge in [-0.3, -0.25) is 14.3 Å². The molecule has 0 aliphatic carbocycles. The Hall–Kier alpha value is -1.05. The summed E-state index contributed by atoms with van der Waals surface area (Å²) in [6.07, 6.45) is 0.496. The van der Waals surface area contributed by atoms with Crippen molar-refractivity contribution >= 4 is 11.8 Å². The number of hydrogen-bond acceptors (Lipinski definition) is 5. The number of thioether (sulfide) groups is 1. The lowest BCUT2D eigenvalue weighted by molar-refractivity contribution is -0.130. The highest BCUT2D eigenvalue weighted by molar-refractivity contribution is 8.00. The van der Waals surface area contributed by atoms with Crippen molar-refractivity contribution < 1.29 is 9.84 Å². The molecule has 0 amide bonds. The van der Waals surface area contributed by atoms with Gasteiger partial charge in [-0.25, -0.2) is 4.79 Å². The topological polar surface area (TPSA) is 84.3 Å². The van der Waals surface area contributed by atoms with E-state index in [2.05, 4.69) is 4.98 Å². The van der Waals surface area contributed by atoms with Crippen molar-refractivity contribution in [1.82, 2.24) is 9.55 Å². The molecular weight excluding hydrogens is 280 g/mol. The first-order chi connectivity index (χ1) is 9.36. The fourth-order valence-electron chi connectivity index (χ4n) is 3.13. The Balaban J connectivity index is 2.05. The van der Waals surface area contributed by atoms with Crippen molar-refractivity contribution in [1.29, 1.82) is 0 Å². The van der Waals surface area contributed by atoms with Gasteiger partial charge in [0.25, 0.3) is 5.56 Å². The van der Waals surface area contributed by atoms with Crippen LogP contribution in [0.1, 0.15) is 25.6 Å². The standard InChI is InChI=1S/C13H18N2O4S/c1-6-4-15(12(18)14-10(6)17)11-9-7(2)13(19-11,5-20-9)8(3)16/h4,7-9,11,16H,5H2,1-3H3,(H,14,17,18)/t7-,8+,9+,11+,13-/m0/s1. The van der Waals surface area contributed by atoms with Crippen LogP contribution >= 0.6 is 11.8 Å². The second kappa shape index (κ2) is 4.47. The maximum absolute atomic E-state index is 12.0. The molecule has 0 spiro atoms. The van der Waals surface area contributed by atoms with E-state index in [0.717, 1.165) is 5.75 Å². The maximum atomic E-state index is 12.0. The number of rotatable bonds is 2. The van der Waals surface area contributed by atoms with E-state index in [-0.39, 0.29) is 16.7 Å². The van der Waals surface area contributed by atoms with Crippen LogP contribution in [-0.2, 0) is 4.74 Å². The van der Waals surface area contributed by atoms with E-state index < -0.39 is 23.6 Å².